The van der Waals surface area contributed by atoms with Gasteiger partial charge in [-0.2, -0.15) is 4.31 Å². The van der Waals surface area contributed by atoms with Crippen LogP contribution < -0.4 is 4.72 Å². The number of amides is 1. The van der Waals surface area contributed by atoms with Crippen molar-refractivity contribution in [2.75, 3.05) is 26.3 Å². The summed E-state index contributed by atoms with van der Waals surface area (Å²) >= 11 is 0. The second-order valence-electron chi connectivity index (χ2n) is 8.71. The third-order valence-electron chi connectivity index (χ3n) is 5.30. The Kier molecular flexibility index (Phi) is 6.80. The molecule has 1 saturated heterocycles. The monoisotopic (exact) mass is 480 g/mol. The molecule has 2 aromatic carbocycles. The number of ether oxygens (including phenoxy) is 1. The summed E-state index contributed by atoms with van der Waals surface area (Å²) in [4.78, 5) is 12.2. The first-order valence-electron chi connectivity index (χ1n) is 10.2. The maximum Gasteiger partial charge on any atom is 0.264 e. The molecule has 8 nitrogen and oxygen atoms in total. The van der Waals surface area contributed by atoms with Crippen molar-refractivity contribution in [2.45, 2.75) is 42.9 Å². The van der Waals surface area contributed by atoms with Gasteiger partial charge in [0.05, 0.1) is 23.0 Å². The summed E-state index contributed by atoms with van der Waals surface area (Å²) in [6, 6.07) is 10.6. The number of carbonyl (C=O) groups is 1. The highest BCUT2D eigenvalue weighted by molar-refractivity contribution is 7.90. The molecular formula is C22H28N2O6S2. The van der Waals surface area contributed by atoms with Crippen LogP contribution in [0.1, 0.15) is 42.3 Å². The minimum Gasteiger partial charge on any atom is -0.379 e. The number of nitrogens with one attached hydrogen (secondary N) is 1. The molecule has 0 aliphatic carbocycles. The van der Waals surface area contributed by atoms with Gasteiger partial charge in [-0.25, -0.2) is 21.6 Å². The van der Waals surface area contributed by atoms with Crippen molar-refractivity contribution in [2.24, 2.45) is 0 Å². The zero-order chi connectivity index (χ0) is 23.7. The van der Waals surface area contributed by atoms with Crippen molar-refractivity contribution >= 4 is 26.0 Å². The summed E-state index contributed by atoms with van der Waals surface area (Å²) in [5.41, 5.74) is 1.42. The smallest absolute Gasteiger partial charge is 0.264 e. The molecule has 32 heavy (non-hydrogen) atoms. The maximum atomic E-state index is 13.0. The van der Waals surface area contributed by atoms with Crippen molar-refractivity contribution < 1.29 is 26.4 Å². The van der Waals surface area contributed by atoms with Gasteiger partial charge in [0.1, 0.15) is 0 Å². The minimum absolute atomic E-state index is 0.107. The van der Waals surface area contributed by atoms with E-state index in [9.17, 15) is 21.6 Å². The number of nitrogens with zero attached hydrogens (tertiary/aromatic N) is 1. The Hall–Kier alpha value is -2.27. The van der Waals surface area contributed by atoms with Crippen molar-refractivity contribution in [3.05, 3.63) is 59.2 Å². The van der Waals surface area contributed by atoms with E-state index in [1.165, 1.54) is 16.4 Å². The molecule has 0 atom stereocenters. The third-order valence-corrected chi connectivity index (χ3v) is 8.66. The third kappa shape index (κ3) is 5.20. The molecule has 3 rings (SSSR count). The molecule has 0 unspecified atom stereocenters. The van der Waals surface area contributed by atoms with Crippen LogP contribution in [0.25, 0.3) is 0 Å². The van der Waals surface area contributed by atoms with Crippen LogP contribution in [0.15, 0.2) is 52.3 Å². The van der Waals surface area contributed by atoms with Crippen LogP contribution in [0.5, 0.6) is 0 Å². The molecule has 1 N–H and O–H groups in total. The number of hydrogen-bond donors (Lipinski definition) is 1. The Morgan fingerprint density at radius 3 is 2.12 bits per heavy atom. The lowest BCUT2D eigenvalue weighted by Crippen LogP contribution is -2.40. The molecule has 0 spiro atoms. The zero-order valence-corrected chi connectivity index (χ0v) is 20.2. The molecule has 1 aliphatic heterocycles. The van der Waals surface area contributed by atoms with Crippen molar-refractivity contribution in [3.8, 4) is 0 Å². The number of sulfonamides is 2. The Labute approximate surface area is 189 Å². The van der Waals surface area contributed by atoms with Crippen LogP contribution in [0, 0.1) is 6.92 Å². The highest BCUT2D eigenvalue weighted by Gasteiger charge is 2.29. The molecule has 174 valence electrons. The Morgan fingerprint density at radius 1 is 0.969 bits per heavy atom. The van der Waals surface area contributed by atoms with E-state index in [2.05, 4.69) is 4.72 Å². The van der Waals surface area contributed by atoms with Crippen molar-refractivity contribution in [1.82, 2.24) is 9.03 Å². The topological polar surface area (TPSA) is 110 Å². The molecule has 0 saturated carbocycles. The highest BCUT2D eigenvalue weighted by Crippen LogP contribution is 2.25. The highest BCUT2D eigenvalue weighted by atomic mass is 32.2. The van der Waals surface area contributed by atoms with E-state index >= 15 is 0 Å². The molecular weight excluding hydrogens is 452 g/mol. The number of benzene rings is 2. The molecule has 1 fully saturated rings. The van der Waals surface area contributed by atoms with Gasteiger partial charge in [0.15, 0.2) is 0 Å². The Balaban J connectivity index is 1.88. The van der Waals surface area contributed by atoms with Crippen LogP contribution >= 0.6 is 0 Å². The van der Waals surface area contributed by atoms with Gasteiger partial charge in [-0.15, -0.1) is 0 Å². The fraction of sp³-hybridized carbons (Fsp3) is 0.409. The molecule has 1 heterocycles. The van der Waals surface area contributed by atoms with E-state index in [0.29, 0.717) is 5.56 Å². The molecule has 0 aromatic heterocycles. The summed E-state index contributed by atoms with van der Waals surface area (Å²) in [6.45, 7) is 8.59. The lowest BCUT2D eigenvalue weighted by atomic mass is 9.87. The van der Waals surface area contributed by atoms with E-state index in [0.717, 1.165) is 11.6 Å². The van der Waals surface area contributed by atoms with Crippen LogP contribution in [0.4, 0.5) is 0 Å². The fourth-order valence-corrected chi connectivity index (χ4v) is 6.08. The standard InChI is InChI=1S/C22H28N2O6S2/c1-16-5-10-19(32(28,29)24-11-13-30-14-12-24)15-20(16)31(26,27)23-21(25)17-6-8-18(9-7-17)22(2,3)4/h5-10,15H,11-14H2,1-4H3,(H,23,25). The lowest BCUT2D eigenvalue weighted by molar-refractivity contribution is 0.0730. The average Bonchev–Trinajstić information content (AvgIpc) is 2.73. The van der Waals surface area contributed by atoms with Crippen LogP contribution in [0.2, 0.25) is 0 Å². The van der Waals surface area contributed by atoms with E-state index in [1.807, 2.05) is 20.8 Å². The van der Waals surface area contributed by atoms with Crippen molar-refractivity contribution in [1.29, 1.82) is 0 Å². The maximum absolute atomic E-state index is 13.0. The molecule has 1 amide bonds. The minimum atomic E-state index is -4.30. The molecule has 10 heteroatoms. The SMILES string of the molecule is Cc1ccc(S(=O)(=O)N2CCOCC2)cc1S(=O)(=O)NC(=O)c1ccc(C(C)(C)C)cc1. The van der Waals surface area contributed by atoms with Gasteiger partial charge in [0.2, 0.25) is 10.0 Å². The summed E-state index contributed by atoms with van der Waals surface area (Å²) < 4.78 is 60.3. The first-order chi connectivity index (χ1) is 14.8. The van der Waals surface area contributed by atoms with E-state index < -0.39 is 26.0 Å². The first-order valence-corrected chi connectivity index (χ1v) is 13.1. The van der Waals surface area contributed by atoms with Gasteiger partial charge in [0.25, 0.3) is 15.9 Å². The van der Waals surface area contributed by atoms with Gasteiger partial charge >= 0.3 is 0 Å². The second kappa shape index (κ2) is 8.93. The summed E-state index contributed by atoms with van der Waals surface area (Å²) in [6.07, 6.45) is 0. The summed E-state index contributed by atoms with van der Waals surface area (Å²) in [7, 11) is -8.18. The van der Waals surface area contributed by atoms with E-state index in [4.69, 9.17) is 4.74 Å². The zero-order valence-electron chi connectivity index (χ0n) is 18.6. The fourth-order valence-electron chi connectivity index (χ4n) is 3.32. The predicted molar refractivity (Wildman–Crippen MR) is 121 cm³/mol. The van der Waals surface area contributed by atoms with Crippen molar-refractivity contribution in [3.63, 3.8) is 0 Å². The van der Waals surface area contributed by atoms with Gasteiger partial charge in [-0.05, 0) is 47.7 Å². The summed E-state index contributed by atoms with van der Waals surface area (Å²) in [5.74, 6) is -0.786. The Bertz CT molecular complexity index is 1210. The van der Waals surface area contributed by atoms with Gasteiger partial charge in [0, 0.05) is 18.7 Å². The van der Waals surface area contributed by atoms with Crippen LogP contribution in [0.3, 0.4) is 0 Å². The lowest BCUT2D eigenvalue weighted by Gasteiger charge is -2.26. The van der Waals surface area contributed by atoms with Crippen LogP contribution in [-0.2, 0) is 30.2 Å². The quantitative estimate of drug-likeness (QED) is 0.704. The molecule has 0 radical (unpaired) electrons. The predicted octanol–water partition coefficient (Wildman–Crippen LogP) is 2.43. The van der Waals surface area contributed by atoms with Crippen LogP contribution in [-0.4, -0.2) is 53.4 Å². The number of carbonyl (C=O) groups excluding carboxylic acids is 1. The number of aryl methyl sites for hydroxylation is 1. The number of morpholine rings is 1. The van der Waals surface area contributed by atoms with Gasteiger partial charge in [-0.1, -0.05) is 39.0 Å². The first kappa shape index (κ1) is 24.4. The van der Waals surface area contributed by atoms with Gasteiger partial charge < -0.3 is 4.74 Å². The molecule has 0 bridgehead atoms. The summed E-state index contributed by atoms with van der Waals surface area (Å²) in [5, 5.41) is 0. The second-order valence-corrected chi connectivity index (χ2v) is 12.3. The van der Waals surface area contributed by atoms with E-state index in [-0.39, 0.29) is 47.1 Å². The normalized spacial score (nSPS) is 16.0. The molecule has 2 aromatic rings. The number of rotatable bonds is 5. The van der Waals surface area contributed by atoms with E-state index in [1.54, 1.807) is 31.2 Å². The average molecular weight is 481 g/mol. The molecule has 1 aliphatic rings. The largest absolute Gasteiger partial charge is 0.379 e. The Morgan fingerprint density at radius 2 is 1.56 bits per heavy atom. The van der Waals surface area contributed by atoms with Gasteiger partial charge in [-0.3, -0.25) is 4.79 Å². The number of hydrogen-bond acceptors (Lipinski definition) is 6.